The summed E-state index contributed by atoms with van der Waals surface area (Å²) in [6.07, 6.45) is 15.5. The lowest BCUT2D eigenvalue weighted by molar-refractivity contribution is -0.145. The molecule has 14 nitrogen and oxygen atoms in total. The first-order valence-electron chi connectivity index (χ1n) is 19.4. The molecule has 3 fully saturated rings. The molecule has 2 aliphatic carbocycles. The number of terminal acetylenes is 1. The number of allylic oxidation sites excluding steroid dienone is 1. The van der Waals surface area contributed by atoms with E-state index in [9.17, 15) is 29.1 Å². The van der Waals surface area contributed by atoms with Gasteiger partial charge in [-0.1, -0.05) is 43.9 Å². The molecule has 3 aromatic rings. The number of carboxylic acid groups (broad SMARTS) is 1. The fraction of sp³-hybridized carbons (Fsp3) is 0.488. The molecule has 4 amide bonds. The predicted molar refractivity (Wildman–Crippen MR) is 209 cm³/mol. The maximum absolute atomic E-state index is 14.5. The number of carbonyl (C=O) groups is 5. The van der Waals surface area contributed by atoms with Gasteiger partial charge in [0.15, 0.2) is 5.13 Å². The number of thiazole rings is 1. The highest BCUT2D eigenvalue weighted by atomic mass is 32.1. The second-order valence-electron chi connectivity index (χ2n) is 14.9. The maximum atomic E-state index is 14.5. The van der Waals surface area contributed by atoms with Gasteiger partial charge in [0.1, 0.15) is 41.3 Å². The van der Waals surface area contributed by atoms with Crippen molar-refractivity contribution in [3.8, 4) is 29.5 Å². The van der Waals surface area contributed by atoms with Crippen LogP contribution in [0, 0.1) is 18.3 Å². The van der Waals surface area contributed by atoms with Crippen molar-refractivity contribution in [3.05, 3.63) is 47.4 Å². The number of para-hydroxylation sites is 1. The Kier molecular flexibility index (Phi) is 11.6. The molecule has 0 spiro atoms. The Morgan fingerprint density at radius 2 is 1.89 bits per heavy atom. The third-order valence-corrected chi connectivity index (χ3v) is 11.8. The van der Waals surface area contributed by atoms with Gasteiger partial charge < -0.3 is 35.4 Å². The molecule has 0 radical (unpaired) electrons. The predicted octanol–water partition coefficient (Wildman–Crippen LogP) is 5.55. The SMILES string of the molecule is C#Cc1cccc2c(O[C@@H]3C[C@H]4C(=O)N[C@]5(C(=O)O)C[C@@H]5/C=C\CCCCC[C@@H](NC(=O)OC5CCCC5)C(=O)N4C3)cc(-c3csc(NC(=O)CC)n3)nc12. The Hall–Kier alpha value is -5.49. The van der Waals surface area contributed by atoms with Crippen LogP contribution < -0.4 is 20.7 Å². The Balaban J connectivity index is 1.21. The van der Waals surface area contributed by atoms with Gasteiger partial charge >= 0.3 is 12.1 Å². The molecule has 56 heavy (non-hydrogen) atoms. The van der Waals surface area contributed by atoms with E-state index in [0.29, 0.717) is 58.0 Å². The van der Waals surface area contributed by atoms with E-state index in [4.69, 9.17) is 20.9 Å². The van der Waals surface area contributed by atoms with E-state index in [1.165, 1.54) is 16.2 Å². The molecule has 0 bridgehead atoms. The largest absolute Gasteiger partial charge is 0.488 e. The van der Waals surface area contributed by atoms with Crippen LogP contribution in [0.1, 0.15) is 89.5 Å². The molecule has 4 heterocycles. The van der Waals surface area contributed by atoms with Gasteiger partial charge in [0.2, 0.25) is 17.7 Å². The smallest absolute Gasteiger partial charge is 0.408 e. The van der Waals surface area contributed by atoms with Crippen molar-refractivity contribution in [1.82, 2.24) is 25.5 Å². The van der Waals surface area contributed by atoms with Gasteiger partial charge in [-0.3, -0.25) is 14.4 Å². The summed E-state index contributed by atoms with van der Waals surface area (Å²) in [5, 5.41) is 21.4. The fourth-order valence-corrected chi connectivity index (χ4v) is 8.60. The van der Waals surface area contributed by atoms with Crippen molar-refractivity contribution >= 4 is 57.2 Å². The molecule has 5 atom stereocenters. The monoisotopic (exact) mass is 782 g/mol. The number of nitrogens with one attached hydrogen (secondary N) is 3. The number of nitrogens with zero attached hydrogens (tertiary/aromatic N) is 3. The maximum Gasteiger partial charge on any atom is 0.408 e. The van der Waals surface area contributed by atoms with E-state index < -0.39 is 47.6 Å². The van der Waals surface area contributed by atoms with E-state index in [0.717, 1.165) is 44.9 Å². The van der Waals surface area contributed by atoms with Gasteiger partial charge in [-0.05, 0) is 63.5 Å². The number of fused-ring (bicyclic) bond motifs is 3. The summed E-state index contributed by atoms with van der Waals surface area (Å²) in [5.74, 6) is 0.300. The Labute approximate surface area is 328 Å². The highest BCUT2D eigenvalue weighted by Crippen LogP contribution is 2.45. The van der Waals surface area contributed by atoms with Gasteiger partial charge in [0.25, 0.3) is 0 Å². The normalized spacial score (nSPS) is 26.1. The number of benzene rings is 1. The van der Waals surface area contributed by atoms with Crippen LogP contribution in [0.5, 0.6) is 5.75 Å². The van der Waals surface area contributed by atoms with Crippen LogP contribution in [0.2, 0.25) is 0 Å². The van der Waals surface area contributed by atoms with E-state index in [2.05, 4.69) is 26.9 Å². The molecular formula is C41H46N6O8S. The quantitative estimate of drug-likeness (QED) is 0.167. The number of hydrogen-bond acceptors (Lipinski definition) is 10. The van der Waals surface area contributed by atoms with Crippen molar-refractivity contribution in [2.45, 2.75) is 114 Å². The zero-order valence-corrected chi connectivity index (χ0v) is 32.1. The van der Waals surface area contributed by atoms with Crippen LogP contribution in [0.4, 0.5) is 9.93 Å². The average Bonchev–Trinajstić information content (AvgIpc) is 3.62. The Bertz CT molecular complexity index is 2090. The lowest BCUT2D eigenvalue weighted by Crippen LogP contribution is -2.56. The molecule has 1 saturated heterocycles. The zero-order chi connectivity index (χ0) is 39.4. The Morgan fingerprint density at radius 3 is 2.66 bits per heavy atom. The molecule has 4 aliphatic rings. The van der Waals surface area contributed by atoms with Crippen LogP contribution in [0.25, 0.3) is 22.3 Å². The summed E-state index contributed by atoms with van der Waals surface area (Å²) in [5.41, 5.74) is 0.445. The van der Waals surface area contributed by atoms with Crippen molar-refractivity contribution < 1.29 is 38.6 Å². The van der Waals surface area contributed by atoms with Gasteiger partial charge in [-0.2, -0.15) is 0 Å². The molecule has 2 saturated carbocycles. The van der Waals surface area contributed by atoms with Gasteiger partial charge in [-0.15, -0.1) is 17.8 Å². The Morgan fingerprint density at radius 1 is 1.09 bits per heavy atom. The van der Waals surface area contributed by atoms with Gasteiger partial charge in [0, 0.05) is 35.6 Å². The second-order valence-corrected chi connectivity index (χ2v) is 15.8. The number of carbonyl (C=O) groups excluding carboxylic acids is 4. The van der Waals surface area contributed by atoms with Gasteiger partial charge in [0.05, 0.1) is 23.3 Å². The molecule has 2 aromatic heterocycles. The number of carboxylic acids is 1. The van der Waals surface area contributed by atoms with Crippen molar-refractivity contribution in [3.63, 3.8) is 0 Å². The molecule has 2 aliphatic heterocycles. The third-order valence-electron chi connectivity index (χ3n) is 11.1. The molecule has 294 valence electrons. The molecule has 7 rings (SSSR count). The van der Waals surface area contributed by atoms with E-state index in [-0.39, 0.29) is 37.3 Å². The number of aliphatic carboxylic acids is 1. The zero-order valence-electron chi connectivity index (χ0n) is 31.3. The second kappa shape index (κ2) is 16.7. The minimum Gasteiger partial charge on any atom is -0.488 e. The van der Waals surface area contributed by atoms with Gasteiger partial charge in [-0.25, -0.2) is 19.6 Å². The molecule has 0 unspecified atom stereocenters. The van der Waals surface area contributed by atoms with E-state index in [1.54, 1.807) is 30.5 Å². The van der Waals surface area contributed by atoms with Crippen LogP contribution in [0.3, 0.4) is 0 Å². The number of rotatable bonds is 8. The minimum absolute atomic E-state index is 0.0198. The average molecular weight is 783 g/mol. The standard InChI is InChI=1S/C41H46N6O8S/c1-3-24-13-12-17-28-33(20-30(42-35(24)28)31-23-56-39(43-31)45-34(48)4-2)54-27-19-32-36(49)46-41(38(51)52)21-25(41)14-8-6-5-7-9-18-29(37(50)47(32)22-27)44-40(53)55-26-15-10-11-16-26/h1,8,12-14,17,20,23,25-27,29,32H,4-7,9-11,15-16,18-19,21-22H2,2H3,(H,44,53)(H,46,49)(H,51,52)(H,43,45,48)/b14-8-/t25-,27+,29+,32-,41+/m0/s1. The number of pyridine rings is 1. The summed E-state index contributed by atoms with van der Waals surface area (Å²) in [6, 6.07) is 5.01. The highest BCUT2D eigenvalue weighted by molar-refractivity contribution is 7.14. The first kappa shape index (κ1) is 38.8. The van der Waals surface area contributed by atoms with Crippen LogP contribution in [0.15, 0.2) is 41.8 Å². The highest BCUT2D eigenvalue weighted by Gasteiger charge is 2.61. The number of anilines is 1. The molecule has 4 N–H and O–H groups in total. The lowest BCUT2D eigenvalue weighted by atomic mass is 10.0. The fourth-order valence-electron chi connectivity index (χ4n) is 7.88. The summed E-state index contributed by atoms with van der Waals surface area (Å²) in [6.45, 7) is 1.73. The number of hydrogen-bond donors (Lipinski definition) is 4. The number of alkyl carbamates (subject to hydrolysis) is 1. The molecular weight excluding hydrogens is 737 g/mol. The first-order chi connectivity index (χ1) is 27.1. The van der Waals surface area contributed by atoms with Crippen molar-refractivity contribution in [2.75, 3.05) is 11.9 Å². The number of aromatic nitrogens is 2. The number of amides is 4. The lowest BCUT2D eigenvalue weighted by Gasteiger charge is -2.29. The van der Waals surface area contributed by atoms with Crippen molar-refractivity contribution in [1.29, 1.82) is 0 Å². The van der Waals surface area contributed by atoms with Crippen LogP contribution >= 0.6 is 11.3 Å². The van der Waals surface area contributed by atoms with Crippen molar-refractivity contribution in [2.24, 2.45) is 5.92 Å². The summed E-state index contributed by atoms with van der Waals surface area (Å²) in [7, 11) is 0. The summed E-state index contributed by atoms with van der Waals surface area (Å²) >= 11 is 1.25. The molecule has 1 aromatic carbocycles. The van der Waals surface area contributed by atoms with E-state index in [1.807, 2.05) is 18.2 Å². The topological polar surface area (TPSA) is 189 Å². The summed E-state index contributed by atoms with van der Waals surface area (Å²) in [4.78, 5) is 77.3. The molecule has 15 heteroatoms. The number of ether oxygens (including phenoxy) is 2. The third kappa shape index (κ3) is 8.35. The van der Waals surface area contributed by atoms with Crippen LogP contribution in [-0.4, -0.2) is 86.1 Å². The van der Waals surface area contributed by atoms with Crippen LogP contribution in [-0.2, 0) is 23.9 Å². The summed E-state index contributed by atoms with van der Waals surface area (Å²) < 4.78 is 12.3. The van der Waals surface area contributed by atoms with E-state index >= 15 is 0 Å². The first-order valence-corrected chi connectivity index (χ1v) is 20.3. The minimum atomic E-state index is -1.48.